The lowest BCUT2D eigenvalue weighted by Gasteiger charge is -2.37. The number of halogens is 1. The third kappa shape index (κ3) is 7.06. The molecule has 0 saturated carbocycles. The SMILES string of the molecule is CCNC(=NCCS(=O)(=O)N(CC)CC)N1CCN(c2cccs2)CC1.I. The van der Waals surface area contributed by atoms with Crippen LogP contribution in [0.4, 0.5) is 5.00 Å². The number of aliphatic imine (C=N–C) groups is 1. The smallest absolute Gasteiger partial charge is 0.215 e. The van der Waals surface area contributed by atoms with Crippen molar-refractivity contribution < 1.29 is 8.42 Å². The summed E-state index contributed by atoms with van der Waals surface area (Å²) in [6.07, 6.45) is 0. The fraction of sp³-hybridized carbons (Fsp3) is 0.706. The summed E-state index contributed by atoms with van der Waals surface area (Å²) in [4.78, 5) is 9.18. The molecule has 1 fully saturated rings. The Kier molecular flexibility index (Phi) is 10.9. The van der Waals surface area contributed by atoms with E-state index in [9.17, 15) is 8.42 Å². The van der Waals surface area contributed by atoms with Crippen LogP contribution in [0.25, 0.3) is 0 Å². The lowest BCUT2D eigenvalue weighted by molar-refractivity contribution is 0.373. The van der Waals surface area contributed by atoms with Crippen molar-refractivity contribution in [2.75, 3.05) is 63.0 Å². The molecule has 0 aliphatic carbocycles. The summed E-state index contributed by atoms with van der Waals surface area (Å²) in [6.45, 7) is 11.5. The highest BCUT2D eigenvalue weighted by Gasteiger charge is 2.21. The average Bonchev–Trinajstić information content (AvgIpc) is 3.16. The summed E-state index contributed by atoms with van der Waals surface area (Å²) in [5, 5.41) is 6.70. The van der Waals surface area contributed by atoms with Gasteiger partial charge in [-0.3, -0.25) is 4.99 Å². The van der Waals surface area contributed by atoms with E-state index in [1.54, 1.807) is 11.3 Å². The van der Waals surface area contributed by atoms with Gasteiger partial charge in [-0.15, -0.1) is 35.3 Å². The van der Waals surface area contributed by atoms with E-state index in [0.29, 0.717) is 13.1 Å². The average molecular weight is 530 g/mol. The Morgan fingerprint density at radius 2 is 1.89 bits per heavy atom. The second kappa shape index (κ2) is 12.1. The predicted molar refractivity (Wildman–Crippen MR) is 126 cm³/mol. The summed E-state index contributed by atoms with van der Waals surface area (Å²) in [5.74, 6) is 0.867. The van der Waals surface area contributed by atoms with E-state index in [1.165, 1.54) is 9.31 Å². The molecule has 1 aliphatic rings. The third-order valence-electron chi connectivity index (χ3n) is 4.44. The molecule has 1 aromatic rings. The zero-order chi connectivity index (χ0) is 19.0. The molecule has 0 spiro atoms. The monoisotopic (exact) mass is 529 g/mol. The summed E-state index contributed by atoms with van der Waals surface area (Å²) in [6, 6.07) is 4.23. The van der Waals surface area contributed by atoms with E-state index in [1.807, 2.05) is 20.8 Å². The first kappa shape index (κ1) is 24.4. The maximum absolute atomic E-state index is 12.3. The normalized spacial score (nSPS) is 15.8. The van der Waals surface area contributed by atoms with Gasteiger partial charge in [0.1, 0.15) is 0 Å². The zero-order valence-electron chi connectivity index (χ0n) is 16.4. The number of sulfonamides is 1. The van der Waals surface area contributed by atoms with Crippen molar-refractivity contribution in [1.82, 2.24) is 14.5 Å². The van der Waals surface area contributed by atoms with Crippen LogP contribution in [0.1, 0.15) is 20.8 Å². The van der Waals surface area contributed by atoms with Crippen molar-refractivity contribution in [3.63, 3.8) is 0 Å². The van der Waals surface area contributed by atoms with Gasteiger partial charge < -0.3 is 15.1 Å². The fourth-order valence-corrected chi connectivity index (χ4v) is 5.18. The predicted octanol–water partition coefficient (Wildman–Crippen LogP) is 2.13. The Hall–Kier alpha value is -0.590. The van der Waals surface area contributed by atoms with E-state index in [0.717, 1.165) is 38.7 Å². The molecule has 1 saturated heterocycles. The van der Waals surface area contributed by atoms with Crippen LogP contribution in [0.3, 0.4) is 0 Å². The molecule has 2 rings (SSSR count). The number of guanidine groups is 1. The molecular weight excluding hydrogens is 497 g/mol. The molecule has 7 nitrogen and oxygen atoms in total. The molecule has 27 heavy (non-hydrogen) atoms. The summed E-state index contributed by atoms with van der Waals surface area (Å²) >= 11 is 1.76. The first-order chi connectivity index (χ1) is 12.5. The van der Waals surface area contributed by atoms with Crippen molar-refractivity contribution in [3.05, 3.63) is 17.5 Å². The molecule has 1 N–H and O–H groups in total. The minimum Gasteiger partial charge on any atom is -0.360 e. The van der Waals surface area contributed by atoms with Gasteiger partial charge in [0, 0.05) is 45.8 Å². The second-order valence-electron chi connectivity index (χ2n) is 6.06. The van der Waals surface area contributed by atoms with E-state index in [2.05, 4.69) is 37.6 Å². The van der Waals surface area contributed by atoms with Gasteiger partial charge in [0.05, 0.1) is 17.3 Å². The van der Waals surface area contributed by atoms with Crippen LogP contribution in [0, 0.1) is 0 Å². The molecule has 0 radical (unpaired) electrons. The Balaban J connectivity index is 0.00000364. The Bertz CT molecular complexity index is 655. The first-order valence-corrected chi connectivity index (χ1v) is 11.8. The van der Waals surface area contributed by atoms with Crippen molar-refractivity contribution in [3.8, 4) is 0 Å². The van der Waals surface area contributed by atoms with Gasteiger partial charge in [-0.25, -0.2) is 12.7 Å². The van der Waals surface area contributed by atoms with E-state index in [4.69, 9.17) is 0 Å². The number of thiophene rings is 1. The molecule has 2 heterocycles. The van der Waals surface area contributed by atoms with Crippen LogP contribution in [0.15, 0.2) is 22.5 Å². The van der Waals surface area contributed by atoms with Gasteiger partial charge >= 0.3 is 0 Å². The van der Waals surface area contributed by atoms with Crippen LogP contribution in [-0.2, 0) is 10.0 Å². The number of nitrogens with one attached hydrogen (secondary N) is 1. The lowest BCUT2D eigenvalue weighted by atomic mass is 10.3. The van der Waals surface area contributed by atoms with Crippen LogP contribution in [0.5, 0.6) is 0 Å². The summed E-state index contributed by atoms with van der Waals surface area (Å²) in [5.41, 5.74) is 0. The van der Waals surface area contributed by atoms with Gasteiger partial charge in [0.25, 0.3) is 0 Å². The van der Waals surface area contributed by atoms with Crippen molar-refractivity contribution in [2.45, 2.75) is 20.8 Å². The van der Waals surface area contributed by atoms with Gasteiger partial charge in [0.2, 0.25) is 10.0 Å². The van der Waals surface area contributed by atoms with Crippen molar-refractivity contribution in [1.29, 1.82) is 0 Å². The number of hydrogen-bond acceptors (Lipinski definition) is 5. The molecule has 0 aromatic carbocycles. The number of nitrogens with zero attached hydrogens (tertiary/aromatic N) is 4. The maximum atomic E-state index is 12.3. The summed E-state index contributed by atoms with van der Waals surface area (Å²) < 4.78 is 26.1. The number of anilines is 1. The molecule has 1 aromatic heterocycles. The second-order valence-corrected chi connectivity index (χ2v) is 9.08. The molecule has 0 unspecified atom stereocenters. The van der Waals surface area contributed by atoms with Gasteiger partial charge in [-0.05, 0) is 24.4 Å². The third-order valence-corrected chi connectivity index (χ3v) is 7.37. The highest BCUT2D eigenvalue weighted by molar-refractivity contribution is 14.0. The van der Waals surface area contributed by atoms with Crippen molar-refractivity contribution in [2.24, 2.45) is 4.99 Å². The highest BCUT2D eigenvalue weighted by Crippen LogP contribution is 2.22. The van der Waals surface area contributed by atoms with Gasteiger partial charge in [-0.1, -0.05) is 13.8 Å². The Labute approximate surface area is 184 Å². The number of piperazine rings is 1. The highest BCUT2D eigenvalue weighted by atomic mass is 127. The molecule has 156 valence electrons. The van der Waals surface area contributed by atoms with Gasteiger partial charge in [0.15, 0.2) is 5.96 Å². The molecular formula is C17H32IN5O2S2. The molecule has 10 heteroatoms. The van der Waals surface area contributed by atoms with Crippen LogP contribution >= 0.6 is 35.3 Å². The zero-order valence-corrected chi connectivity index (χ0v) is 20.4. The molecule has 1 aliphatic heterocycles. The van der Waals surface area contributed by atoms with Crippen LogP contribution in [-0.4, -0.2) is 81.7 Å². The maximum Gasteiger partial charge on any atom is 0.215 e. The van der Waals surface area contributed by atoms with Gasteiger partial charge in [-0.2, -0.15) is 0 Å². The van der Waals surface area contributed by atoms with E-state index in [-0.39, 0.29) is 36.3 Å². The molecule has 0 bridgehead atoms. The molecule has 0 amide bonds. The minimum atomic E-state index is -3.23. The largest absolute Gasteiger partial charge is 0.360 e. The van der Waals surface area contributed by atoms with Crippen LogP contribution < -0.4 is 10.2 Å². The Morgan fingerprint density at radius 1 is 1.22 bits per heavy atom. The number of hydrogen-bond donors (Lipinski definition) is 1. The topological polar surface area (TPSA) is 68.2 Å². The lowest BCUT2D eigenvalue weighted by Crippen LogP contribution is -2.52. The van der Waals surface area contributed by atoms with E-state index >= 15 is 0 Å². The minimum absolute atomic E-state index is 0. The fourth-order valence-electron chi connectivity index (χ4n) is 3.03. The van der Waals surface area contributed by atoms with Crippen LogP contribution in [0.2, 0.25) is 0 Å². The summed E-state index contributed by atoms with van der Waals surface area (Å²) in [7, 11) is -3.23. The number of rotatable bonds is 8. The quantitative estimate of drug-likeness (QED) is 0.318. The first-order valence-electron chi connectivity index (χ1n) is 9.31. The Morgan fingerprint density at radius 3 is 2.41 bits per heavy atom. The standard InChI is InChI=1S/C17H31N5O2S2.HI/c1-4-18-17(19-9-15-26(23,24)22(5-2)6-3)21-12-10-20(11-13-21)16-8-7-14-25-16;/h7-8,14H,4-6,9-13,15H2,1-3H3,(H,18,19);1H. The van der Waals surface area contributed by atoms with Crippen molar-refractivity contribution >= 4 is 56.3 Å². The van der Waals surface area contributed by atoms with E-state index < -0.39 is 10.0 Å². The molecule has 0 atom stereocenters.